The van der Waals surface area contributed by atoms with Crippen molar-refractivity contribution >= 4 is 11.6 Å². The molecule has 0 aromatic heterocycles. The van der Waals surface area contributed by atoms with Crippen LogP contribution in [0.15, 0.2) is 24.3 Å². The molecule has 2 aliphatic heterocycles. The molecule has 5 nitrogen and oxygen atoms in total. The van der Waals surface area contributed by atoms with Crippen molar-refractivity contribution < 1.29 is 14.6 Å². The van der Waals surface area contributed by atoms with Gasteiger partial charge in [0.25, 0.3) is 5.91 Å². The number of benzene rings is 1. The van der Waals surface area contributed by atoms with E-state index in [1.807, 2.05) is 6.07 Å². The summed E-state index contributed by atoms with van der Waals surface area (Å²) in [6, 6.07) is 7.05. The first-order valence-electron chi connectivity index (χ1n) is 7.12. The average Bonchev–Trinajstić information content (AvgIpc) is 2.67. The largest absolute Gasteiger partial charge is 0.506 e. The van der Waals surface area contributed by atoms with E-state index in [1.165, 1.54) is 0 Å². The maximum atomic E-state index is 12.4. The molecule has 1 spiro atoms. The van der Waals surface area contributed by atoms with Gasteiger partial charge in [0.2, 0.25) is 0 Å². The number of amides is 1. The zero-order valence-electron chi connectivity index (χ0n) is 11.5. The Morgan fingerprint density at radius 1 is 1.25 bits per heavy atom. The van der Waals surface area contributed by atoms with Gasteiger partial charge in [0.05, 0.1) is 17.8 Å². The van der Waals surface area contributed by atoms with Gasteiger partial charge < -0.3 is 15.2 Å². The van der Waals surface area contributed by atoms with E-state index in [0.717, 1.165) is 32.4 Å². The lowest BCUT2D eigenvalue weighted by Gasteiger charge is -2.46. The normalized spacial score (nSPS) is 27.6. The topological polar surface area (TPSA) is 61.8 Å². The number of carbonyl (C=O) groups excluding carboxylic acids is 1. The van der Waals surface area contributed by atoms with E-state index in [9.17, 15) is 9.90 Å². The van der Waals surface area contributed by atoms with E-state index in [2.05, 4.69) is 5.32 Å². The van der Waals surface area contributed by atoms with Gasteiger partial charge in [-0.15, -0.1) is 0 Å². The van der Waals surface area contributed by atoms with Gasteiger partial charge in [0, 0.05) is 0 Å². The third kappa shape index (κ3) is 2.27. The Labute approximate surface area is 118 Å². The molecule has 0 saturated carbocycles. The SMILES string of the molecule is O=C1COCC2(CCCNCC2)N1c1ccccc1O. The number of para-hydroxylation sites is 2. The molecule has 1 aromatic carbocycles. The van der Waals surface area contributed by atoms with E-state index in [-0.39, 0.29) is 23.8 Å². The summed E-state index contributed by atoms with van der Waals surface area (Å²) >= 11 is 0. The zero-order chi connectivity index (χ0) is 14.0. The number of carbonyl (C=O) groups is 1. The van der Waals surface area contributed by atoms with Crippen LogP contribution < -0.4 is 10.2 Å². The van der Waals surface area contributed by atoms with Crippen LogP contribution in [0, 0.1) is 0 Å². The molecule has 2 saturated heterocycles. The molecule has 5 heteroatoms. The number of ether oxygens (including phenoxy) is 1. The minimum Gasteiger partial charge on any atom is -0.506 e. The van der Waals surface area contributed by atoms with Gasteiger partial charge in [0.15, 0.2) is 0 Å². The molecule has 0 radical (unpaired) electrons. The van der Waals surface area contributed by atoms with Crippen molar-refractivity contribution in [2.45, 2.75) is 24.8 Å². The highest BCUT2D eigenvalue weighted by atomic mass is 16.5. The Hall–Kier alpha value is -1.59. The highest BCUT2D eigenvalue weighted by Crippen LogP contribution is 2.38. The Morgan fingerprint density at radius 3 is 2.95 bits per heavy atom. The van der Waals surface area contributed by atoms with E-state index < -0.39 is 0 Å². The number of hydrogen-bond donors (Lipinski definition) is 2. The predicted octanol–water partition coefficient (Wildman–Crippen LogP) is 1.27. The van der Waals surface area contributed by atoms with E-state index in [1.54, 1.807) is 23.1 Å². The second kappa shape index (κ2) is 5.42. The molecular weight excluding hydrogens is 256 g/mol. The molecule has 2 fully saturated rings. The Kier molecular flexibility index (Phi) is 3.63. The first kappa shape index (κ1) is 13.4. The number of anilines is 1. The van der Waals surface area contributed by atoms with Gasteiger partial charge in [-0.25, -0.2) is 0 Å². The van der Waals surface area contributed by atoms with E-state index in [4.69, 9.17) is 4.74 Å². The molecule has 0 bridgehead atoms. The van der Waals surface area contributed by atoms with Crippen molar-refractivity contribution in [3.63, 3.8) is 0 Å². The lowest BCUT2D eigenvalue weighted by Crippen LogP contribution is -2.60. The van der Waals surface area contributed by atoms with E-state index >= 15 is 0 Å². The Balaban J connectivity index is 2.02. The quantitative estimate of drug-likeness (QED) is 0.811. The summed E-state index contributed by atoms with van der Waals surface area (Å²) in [5, 5.41) is 13.5. The van der Waals surface area contributed by atoms with Crippen LogP contribution in [0.5, 0.6) is 5.75 Å². The number of phenols is 1. The summed E-state index contributed by atoms with van der Waals surface area (Å²) < 4.78 is 5.52. The number of morpholine rings is 1. The highest BCUT2D eigenvalue weighted by Gasteiger charge is 2.44. The predicted molar refractivity (Wildman–Crippen MR) is 75.9 cm³/mol. The van der Waals surface area contributed by atoms with Crippen molar-refractivity contribution in [1.82, 2.24) is 5.32 Å². The molecule has 0 aliphatic carbocycles. The fourth-order valence-electron chi connectivity index (χ4n) is 3.25. The molecule has 20 heavy (non-hydrogen) atoms. The van der Waals surface area contributed by atoms with Crippen molar-refractivity contribution in [3.8, 4) is 5.75 Å². The molecule has 1 amide bonds. The van der Waals surface area contributed by atoms with Crippen molar-refractivity contribution in [2.24, 2.45) is 0 Å². The summed E-state index contributed by atoms with van der Waals surface area (Å²) in [6.45, 7) is 2.45. The third-order valence-electron chi connectivity index (χ3n) is 4.21. The molecule has 2 aliphatic rings. The van der Waals surface area contributed by atoms with Crippen LogP contribution in [0.4, 0.5) is 5.69 Å². The zero-order valence-corrected chi connectivity index (χ0v) is 11.5. The second-order valence-corrected chi connectivity index (χ2v) is 5.54. The van der Waals surface area contributed by atoms with Gasteiger partial charge in [-0.3, -0.25) is 9.69 Å². The summed E-state index contributed by atoms with van der Waals surface area (Å²) in [5.41, 5.74) is 0.264. The summed E-state index contributed by atoms with van der Waals surface area (Å²) in [6.07, 6.45) is 2.73. The number of phenolic OH excluding ortho intramolecular Hbond substituents is 1. The van der Waals surface area contributed by atoms with Crippen LogP contribution in [0.2, 0.25) is 0 Å². The maximum absolute atomic E-state index is 12.4. The molecule has 108 valence electrons. The fraction of sp³-hybridized carbons (Fsp3) is 0.533. The number of nitrogens with zero attached hydrogens (tertiary/aromatic N) is 1. The van der Waals surface area contributed by atoms with Gasteiger partial charge in [-0.1, -0.05) is 12.1 Å². The standard InChI is InChI=1S/C15H20N2O3/c18-13-5-2-1-4-12(13)17-14(19)10-20-11-15(17)6-3-8-16-9-7-15/h1-2,4-5,16,18H,3,6-11H2. The molecule has 2 N–H and O–H groups in total. The maximum Gasteiger partial charge on any atom is 0.253 e. The van der Waals surface area contributed by atoms with Gasteiger partial charge in [-0.2, -0.15) is 0 Å². The molecule has 2 heterocycles. The van der Waals surface area contributed by atoms with Crippen LogP contribution in [-0.4, -0.2) is 42.9 Å². The Bertz CT molecular complexity index is 496. The van der Waals surface area contributed by atoms with Crippen molar-refractivity contribution in [1.29, 1.82) is 0 Å². The van der Waals surface area contributed by atoms with Crippen LogP contribution >= 0.6 is 0 Å². The first-order valence-corrected chi connectivity index (χ1v) is 7.12. The lowest BCUT2D eigenvalue weighted by molar-refractivity contribution is -0.130. The second-order valence-electron chi connectivity index (χ2n) is 5.54. The summed E-state index contributed by atoms with van der Waals surface area (Å²) in [7, 11) is 0. The van der Waals surface area contributed by atoms with Crippen LogP contribution in [0.3, 0.4) is 0 Å². The minimum absolute atomic E-state index is 0.0698. The molecule has 1 atom stereocenters. The average molecular weight is 276 g/mol. The monoisotopic (exact) mass is 276 g/mol. The summed E-state index contributed by atoms with van der Waals surface area (Å²) in [5.74, 6) is 0.0824. The molecular formula is C15H20N2O3. The van der Waals surface area contributed by atoms with Crippen molar-refractivity contribution in [3.05, 3.63) is 24.3 Å². The Morgan fingerprint density at radius 2 is 2.10 bits per heavy atom. The van der Waals surface area contributed by atoms with Gasteiger partial charge in [-0.05, 0) is 44.5 Å². The molecule has 1 unspecified atom stereocenters. The number of rotatable bonds is 1. The van der Waals surface area contributed by atoms with Crippen LogP contribution in [-0.2, 0) is 9.53 Å². The number of aromatic hydroxyl groups is 1. The summed E-state index contributed by atoms with van der Waals surface area (Å²) in [4.78, 5) is 14.2. The minimum atomic E-state index is -0.336. The van der Waals surface area contributed by atoms with Crippen molar-refractivity contribution in [2.75, 3.05) is 31.2 Å². The first-order chi connectivity index (χ1) is 9.73. The van der Waals surface area contributed by atoms with Crippen LogP contribution in [0.25, 0.3) is 0 Å². The third-order valence-corrected chi connectivity index (χ3v) is 4.21. The number of hydrogen-bond acceptors (Lipinski definition) is 4. The smallest absolute Gasteiger partial charge is 0.253 e. The number of nitrogens with one attached hydrogen (secondary N) is 1. The van der Waals surface area contributed by atoms with Gasteiger partial charge in [0.1, 0.15) is 12.4 Å². The van der Waals surface area contributed by atoms with Crippen LogP contribution in [0.1, 0.15) is 19.3 Å². The molecule has 1 aromatic rings. The van der Waals surface area contributed by atoms with E-state index in [0.29, 0.717) is 12.3 Å². The molecule has 3 rings (SSSR count). The highest BCUT2D eigenvalue weighted by molar-refractivity contribution is 5.97. The van der Waals surface area contributed by atoms with Gasteiger partial charge >= 0.3 is 0 Å². The fourth-order valence-corrected chi connectivity index (χ4v) is 3.25. The lowest BCUT2D eigenvalue weighted by atomic mass is 9.87.